The predicted octanol–water partition coefficient (Wildman–Crippen LogP) is 1.94. The molecular formula is C17H20N2O7. The molecule has 1 saturated carbocycles. The molecule has 1 aliphatic carbocycles. The van der Waals surface area contributed by atoms with Crippen LogP contribution in [-0.2, 0) is 4.79 Å². The lowest BCUT2D eigenvalue weighted by molar-refractivity contribution is -0.385. The highest BCUT2D eigenvalue weighted by Gasteiger charge is 2.59. The number of nitro benzene ring substituents is 1. The minimum atomic E-state index is -0.791. The van der Waals surface area contributed by atoms with Gasteiger partial charge in [-0.2, -0.15) is 0 Å². The van der Waals surface area contributed by atoms with Crippen LogP contribution in [0.2, 0.25) is 0 Å². The number of aliphatic carboxylic acids is 1. The van der Waals surface area contributed by atoms with Crippen molar-refractivity contribution < 1.29 is 29.1 Å². The van der Waals surface area contributed by atoms with Crippen LogP contribution in [0.5, 0.6) is 11.5 Å². The molecule has 1 spiro atoms. The number of ether oxygens (including phenoxy) is 2. The topological polar surface area (TPSA) is 119 Å². The molecule has 2 aliphatic rings. The number of nitrogens with zero attached hydrogens (tertiary/aromatic N) is 2. The van der Waals surface area contributed by atoms with Gasteiger partial charge in [-0.15, -0.1) is 0 Å². The number of amides is 1. The molecule has 1 aromatic rings. The fourth-order valence-electron chi connectivity index (χ4n) is 3.77. The minimum Gasteiger partial charge on any atom is -0.493 e. The van der Waals surface area contributed by atoms with Gasteiger partial charge in [0.25, 0.3) is 11.6 Å². The van der Waals surface area contributed by atoms with Crippen molar-refractivity contribution in [1.82, 2.24) is 4.90 Å². The van der Waals surface area contributed by atoms with Crippen LogP contribution in [0, 0.1) is 21.4 Å². The summed E-state index contributed by atoms with van der Waals surface area (Å²) in [6, 6.07) is 2.50. The van der Waals surface area contributed by atoms with Crippen LogP contribution in [-0.4, -0.2) is 54.1 Å². The number of methoxy groups -OCH3 is 2. The van der Waals surface area contributed by atoms with E-state index in [1.165, 1.54) is 31.3 Å². The molecule has 3 rings (SSSR count). The Labute approximate surface area is 149 Å². The van der Waals surface area contributed by atoms with E-state index in [4.69, 9.17) is 14.6 Å². The molecule has 1 amide bonds. The van der Waals surface area contributed by atoms with E-state index < -0.39 is 16.8 Å². The van der Waals surface area contributed by atoms with Crippen molar-refractivity contribution >= 4 is 17.6 Å². The Kier molecular flexibility index (Phi) is 4.47. The predicted molar refractivity (Wildman–Crippen MR) is 89.5 cm³/mol. The van der Waals surface area contributed by atoms with Gasteiger partial charge in [0, 0.05) is 19.2 Å². The average Bonchev–Trinajstić information content (AvgIpc) is 3.34. The Morgan fingerprint density at radius 1 is 1.23 bits per heavy atom. The summed E-state index contributed by atoms with van der Waals surface area (Å²) in [5.74, 6) is -1.17. The molecule has 1 saturated heterocycles. The molecular weight excluding hydrogens is 344 g/mol. The van der Waals surface area contributed by atoms with Gasteiger partial charge in [0.05, 0.1) is 31.1 Å². The highest BCUT2D eigenvalue weighted by molar-refractivity contribution is 5.99. The standard InChI is InChI=1S/C17H20N2O7/c1-25-13-7-10(12(19(23)24)8-14(13)26-2)15(20)18-5-3-17(4-6-18)9-11(17)16(21)22/h7-8,11H,3-6,9H2,1-2H3,(H,21,22). The smallest absolute Gasteiger partial charge is 0.307 e. The van der Waals surface area contributed by atoms with Crippen LogP contribution in [0.4, 0.5) is 5.69 Å². The zero-order valence-electron chi connectivity index (χ0n) is 14.6. The van der Waals surface area contributed by atoms with Crippen LogP contribution >= 0.6 is 0 Å². The summed E-state index contributed by atoms with van der Waals surface area (Å²) >= 11 is 0. The van der Waals surface area contributed by atoms with Gasteiger partial charge in [-0.1, -0.05) is 0 Å². The Hall–Kier alpha value is -2.84. The second kappa shape index (κ2) is 6.47. The summed E-state index contributed by atoms with van der Waals surface area (Å²) in [7, 11) is 2.75. The minimum absolute atomic E-state index is 0.0609. The lowest BCUT2D eigenvalue weighted by atomic mass is 9.90. The van der Waals surface area contributed by atoms with E-state index in [-0.39, 0.29) is 34.1 Å². The van der Waals surface area contributed by atoms with Crippen LogP contribution in [0.15, 0.2) is 12.1 Å². The number of carboxylic acids is 1. The van der Waals surface area contributed by atoms with Gasteiger partial charge in [-0.05, 0) is 24.7 Å². The normalized spacial score (nSPS) is 20.5. The molecule has 1 atom stereocenters. The molecule has 140 valence electrons. The number of rotatable bonds is 5. The van der Waals surface area contributed by atoms with Crippen molar-refractivity contribution in [3.8, 4) is 11.5 Å². The molecule has 1 N–H and O–H groups in total. The summed E-state index contributed by atoms with van der Waals surface area (Å²) in [4.78, 5) is 36.3. The molecule has 0 aromatic heterocycles. The van der Waals surface area contributed by atoms with Crippen molar-refractivity contribution in [1.29, 1.82) is 0 Å². The summed E-state index contributed by atoms with van der Waals surface area (Å²) in [5, 5.41) is 20.5. The quantitative estimate of drug-likeness (QED) is 0.626. The molecule has 1 aliphatic heterocycles. The number of benzene rings is 1. The number of carbonyl (C=O) groups excluding carboxylic acids is 1. The van der Waals surface area contributed by atoms with Crippen molar-refractivity contribution in [2.45, 2.75) is 19.3 Å². The Morgan fingerprint density at radius 2 is 1.81 bits per heavy atom. The largest absolute Gasteiger partial charge is 0.493 e. The molecule has 26 heavy (non-hydrogen) atoms. The maximum absolute atomic E-state index is 12.8. The Morgan fingerprint density at radius 3 is 2.27 bits per heavy atom. The van der Waals surface area contributed by atoms with Gasteiger partial charge in [-0.25, -0.2) is 0 Å². The first-order valence-corrected chi connectivity index (χ1v) is 8.25. The van der Waals surface area contributed by atoms with Crippen LogP contribution in [0.1, 0.15) is 29.6 Å². The number of carboxylic acid groups (broad SMARTS) is 1. The molecule has 1 heterocycles. The molecule has 9 nitrogen and oxygen atoms in total. The van der Waals surface area contributed by atoms with E-state index >= 15 is 0 Å². The highest BCUT2D eigenvalue weighted by Crippen LogP contribution is 2.59. The molecule has 1 unspecified atom stereocenters. The Balaban J connectivity index is 1.82. The van der Waals surface area contributed by atoms with E-state index in [2.05, 4.69) is 0 Å². The van der Waals surface area contributed by atoms with Crippen LogP contribution in [0.25, 0.3) is 0 Å². The second-order valence-corrected chi connectivity index (χ2v) is 6.73. The lowest BCUT2D eigenvalue weighted by Gasteiger charge is -2.32. The fraction of sp³-hybridized carbons (Fsp3) is 0.529. The number of nitro groups is 1. The molecule has 9 heteroatoms. The third kappa shape index (κ3) is 2.93. The van der Waals surface area contributed by atoms with E-state index in [1.54, 1.807) is 0 Å². The van der Waals surface area contributed by atoms with E-state index in [0.717, 1.165) is 0 Å². The number of hydrogen-bond acceptors (Lipinski definition) is 6. The summed E-state index contributed by atoms with van der Waals surface area (Å²) in [6.45, 7) is 0.766. The van der Waals surface area contributed by atoms with Gasteiger partial charge in [-0.3, -0.25) is 19.7 Å². The summed E-state index contributed by atoms with van der Waals surface area (Å²) in [5.41, 5.74) is -0.622. The third-order valence-corrected chi connectivity index (χ3v) is 5.46. The van der Waals surface area contributed by atoms with Crippen molar-refractivity contribution in [2.24, 2.45) is 11.3 Å². The fourth-order valence-corrected chi connectivity index (χ4v) is 3.77. The molecule has 2 fully saturated rings. The van der Waals surface area contributed by atoms with Gasteiger partial charge >= 0.3 is 5.97 Å². The second-order valence-electron chi connectivity index (χ2n) is 6.73. The van der Waals surface area contributed by atoms with Crippen molar-refractivity contribution in [3.63, 3.8) is 0 Å². The first kappa shape index (κ1) is 18.0. The van der Waals surface area contributed by atoms with Crippen LogP contribution in [0.3, 0.4) is 0 Å². The first-order valence-electron chi connectivity index (χ1n) is 8.25. The van der Waals surface area contributed by atoms with Gasteiger partial charge in [0.1, 0.15) is 5.56 Å². The van der Waals surface area contributed by atoms with Crippen LogP contribution < -0.4 is 9.47 Å². The SMILES string of the molecule is COc1cc(C(=O)N2CCC3(CC2)CC3C(=O)O)c([N+](=O)[O-])cc1OC. The monoisotopic (exact) mass is 364 g/mol. The van der Waals surface area contributed by atoms with E-state index in [1.807, 2.05) is 0 Å². The molecule has 1 aromatic carbocycles. The molecule has 0 radical (unpaired) electrons. The van der Waals surface area contributed by atoms with E-state index in [0.29, 0.717) is 32.4 Å². The Bertz CT molecular complexity index is 769. The maximum Gasteiger partial charge on any atom is 0.307 e. The first-order chi connectivity index (χ1) is 12.3. The molecule has 0 bridgehead atoms. The van der Waals surface area contributed by atoms with Gasteiger partial charge in [0.15, 0.2) is 11.5 Å². The average molecular weight is 364 g/mol. The third-order valence-electron chi connectivity index (χ3n) is 5.46. The summed E-state index contributed by atoms with van der Waals surface area (Å²) in [6.07, 6.45) is 1.83. The van der Waals surface area contributed by atoms with E-state index in [9.17, 15) is 19.7 Å². The van der Waals surface area contributed by atoms with Crippen molar-refractivity contribution in [2.75, 3.05) is 27.3 Å². The number of hydrogen-bond donors (Lipinski definition) is 1. The van der Waals surface area contributed by atoms with Gasteiger partial charge < -0.3 is 19.5 Å². The zero-order chi connectivity index (χ0) is 19.1. The summed E-state index contributed by atoms with van der Waals surface area (Å²) < 4.78 is 10.2. The zero-order valence-corrected chi connectivity index (χ0v) is 14.6. The number of likely N-dealkylation sites (tertiary alicyclic amines) is 1. The number of piperidine rings is 1. The highest BCUT2D eigenvalue weighted by atomic mass is 16.6. The lowest BCUT2D eigenvalue weighted by Crippen LogP contribution is -2.40. The number of carbonyl (C=O) groups is 2. The maximum atomic E-state index is 12.8. The van der Waals surface area contributed by atoms with Crippen molar-refractivity contribution in [3.05, 3.63) is 27.8 Å². The van der Waals surface area contributed by atoms with Gasteiger partial charge in [0.2, 0.25) is 0 Å².